The highest BCUT2D eigenvalue weighted by molar-refractivity contribution is 8.26. The lowest BCUT2D eigenvalue weighted by atomic mass is 10.0. The third-order valence-electron chi connectivity index (χ3n) is 7.97. The molecule has 1 aromatic heterocycles. The number of hydrogen-bond acceptors (Lipinski definition) is 7. The van der Waals surface area contributed by atoms with Gasteiger partial charge in [-0.05, 0) is 61.2 Å². The summed E-state index contributed by atoms with van der Waals surface area (Å²) >= 11 is 6.87. The summed E-state index contributed by atoms with van der Waals surface area (Å²) in [5, 5.41) is 10.00. The molecule has 222 valence electrons. The van der Waals surface area contributed by atoms with Gasteiger partial charge in [0, 0.05) is 50.5 Å². The number of thioether (sulfide) groups is 1. The number of nitrogens with zero attached hydrogens (tertiary/aromatic N) is 5. The Morgan fingerprint density at radius 2 is 1.67 bits per heavy atom. The van der Waals surface area contributed by atoms with Gasteiger partial charge in [0.15, 0.2) is 0 Å². The maximum atomic E-state index is 13.6. The van der Waals surface area contributed by atoms with Crippen LogP contribution >= 0.6 is 24.0 Å². The normalized spacial score (nSPS) is 16.3. The lowest BCUT2D eigenvalue weighted by Gasteiger charge is -2.39. The smallest absolute Gasteiger partial charge is 0.270 e. The zero-order chi connectivity index (χ0) is 30.5. The summed E-state index contributed by atoms with van der Waals surface area (Å²) in [6, 6.07) is 18.6. The number of aromatic nitrogens is 1. The molecule has 2 aliphatic heterocycles. The molecule has 1 amide bonds. The van der Waals surface area contributed by atoms with E-state index >= 15 is 0 Å². The minimum Gasteiger partial charge on any atom is -0.368 e. The van der Waals surface area contributed by atoms with Crippen LogP contribution in [-0.4, -0.2) is 52.4 Å². The predicted octanol–water partition coefficient (Wildman–Crippen LogP) is 5.74. The van der Waals surface area contributed by atoms with Crippen LogP contribution in [0.4, 0.5) is 15.9 Å². The molecule has 0 saturated carbocycles. The van der Waals surface area contributed by atoms with Crippen molar-refractivity contribution in [2.45, 2.75) is 39.7 Å². The monoisotopic (exact) mass is 615 g/mol. The van der Waals surface area contributed by atoms with Crippen molar-refractivity contribution in [1.29, 1.82) is 5.26 Å². The first-order valence-electron chi connectivity index (χ1n) is 14.5. The van der Waals surface area contributed by atoms with E-state index in [4.69, 9.17) is 12.2 Å². The number of carbonyl (C=O) groups excluding carboxylic acids is 1. The molecule has 43 heavy (non-hydrogen) atoms. The molecule has 2 saturated heterocycles. The Bertz CT molecular complexity index is 1640. The van der Waals surface area contributed by atoms with Gasteiger partial charge in [-0.25, -0.2) is 4.39 Å². The number of benzene rings is 2. The van der Waals surface area contributed by atoms with Crippen molar-refractivity contribution in [3.05, 3.63) is 97.9 Å². The fourth-order valence-electron chi connectivity index (χ4n) is 5.55. The molecule has 3 heterocycles. The number of amides is 1. The molecule has 10 heteroatoms. The van der Waals surface area contributed by atoms with Gasteiger partial charge in [-0.15, -0.1) is 0 Å². The van der Waals surface area contributed by atoms with Crippen molar-refractivity contribution in [3.63, 3.8) is 0 Å². The number of unbranched alkanes of at least 4 members (excludes halogenated alkanes) is 1. The Labute approximate surface area is 261 Å². The SMILES string of the molecule is CCCCn1c(N2CCN(c3ccc(F)cc3)CC2)c(/C=C2/SC(=S)N(CCc3ccccc3)C2=O)c(C)c(C#N)c1=O. The number of anilines is 2. The quantitative estimate of drug-likeness (QED) is 0.225. The number of hydrogen-bond donors (Lipinski definition) is 0. The molecule has 0 radical (unpaired) electrons. The van der Waals surface area contributed by atoms with Gasteiger partial charge in [-0.2, -0.15) is 5.26 Å². The largest absolute Gasteiger partial charge is 0.368 e. The summed E-state index contributed by atoms with van der Waals surface area (Å²) in [5.74, 6) is 0.288. The minimum atomic E-state index is -0.308. The predicted molar refractivity (Wildman–Crippen MR) is 176 cm³/mol. The lowest BCUT2D eigenvalue weighted by molar-refractivity contribution is -0.122. The van der Waals surface area contributed by atoms with E-state index in [2.05, 4.69) is 22.8 Å². The molecule has 0 aliphatic carbocycles. The Morgan fingerprint density at radius 3 is 2.33 bits per heavy atom. The van der Waals surface area contributed by atoms with Crippen LogP contribution in [0.15, 0.2) is 64.3 Å². The Hall–Kier alpha value is -3.94. The maximum absolute atomic E-state index is 13.6. The summed E-state index contributed by atoms with van der Waals surface area (Å²) in [4.78, 5) is 33.7. The van der Waals surface area contributed by atoms with Crippen molar-refractivity contribution >= 4 is 51.8 Å². The second-order valence-corrected chi connectivity index (χ2v) is 12.4. The number of carbonyl (C=O) groups is 1. The van der Waals surface area contributed by atoms with Crippen LogP contribution in [-0.2, 0) is 17.8 Å². The van der Waals surface area contributed by atoms with Crippen molar-refractivity contribution < 1.29 is 9.18 Å². The second kappa shape index (κ2) is 13.6. The van der Waals surface area contributed by atoms with Gasteiger partial charge in [0.25, 0.3) is 11.5 Å². The molecule has 7 nitrogen and oxygen atoms in total. The number of piperazine rings is 1. The zero-order valence-electron chi connectivity index (χ0n) is 24.4. The van der Waals surface area contributed by atoms with E-state index in [0.717, 1.165) is 29.9 Å². The van der Waals surface area contributed by atoms with E-state index in [0.29, 0.717) is 66.0 Å². The van der Waals surface area contributed by atoms with E-state index in [1.807, 2.05) is 36.4 Å². The number of thiocarbonyl (C=S) groups is 1. The molecule has 0 N–H and O–H groups in total. The Kier molecular flexibility index (Phi) is 9.63. The molecule has 0 unspecified atom stereocenters. The van der Waals surface area contributed by atoms with Crippen LogP contribution in [0.2, 0.25) is 0 Å². The van der Waals surface area contributed by atoms with Gasteiger partial charge in [0.2, 0.25) is 0 Å². The van der Waals surface area contributed by atoms with Crippen molar-refractivity contribution in [2.24, 2.45) is 0 Å². The first-order chi connectivity index (χ1) is 20.8. The summed E-state index contributed by atoms with van der Waals surface area (Å²) in [6.07, 6.45) is 4.16. The van der Waals surface area contributed by atoms with Crippen LogP contribution in [0.25, 0.3) is 6.08 Å². The molecule has 2 fully saturated rings. The Morgan fingerprint density at radius 1 is 1.00 bits per heavy atom. The van der Waals surface area contributed by atoms with E-state index in [1.165, 1.54) is 23.9 Å². The van der Waals surface area contributed by atoms with E-state index in [-0.39, 0.29) is 22.8 Å². The molecular weight excluding hydrogens is 582 g/mol. The van der Waals surface area contributed by atoms with Gasteiger partial charge in [-0.3, -0.25) is 19.1 Å². The summed E-state index contributed by atoms with van der Waals surface area (Å²) in [7, 11) is 0. The molecule has 2 aromatic carbocycles. The van der Waals surface area contributed by atoms with E-state index in [9.17, 15) is 19.2 Å². The number of nitriles is 1. The molecule has 3 aromatic rings. The van der Waals surface area contributed by atoms with Gasteiger partial charge in [-0.1, -0.05) is 67.7 Å². The fourth-order valence-corrected chi connectivity index (χ4v) is 6.84. The Balaban J connectivity index is 1.50. The van der Waals surface area contributed by atoms with Gasteiger partial charge < -0.3 is 9.80 Å². The van der Waals surface area contributed by atoms with Crippen molar-refractivity contribution in [3.8, 4) is 6.07 Å². The van der Waals surface area contributed by atoms with Crippen LogP contribution in [0.5, 0.6) is 0 Å². The second-order valence-electron chi connectivity index (χ2n) is 10.7. The van der Waals surface area contributed by atoms with E-state index in [1.54, 1.807) is 28.5 Å². The highest BCUT2D eigenvalue weighted by atomic mass is 32.2. The minimum absolute atomic E-state index is 0.0932. The summed E-state index contributed by atoms with van der Waals surface area (Å²) in [5.41, 5.74) is 3.12. The first-order valence-corrected chi connectivity index (χ1v) is 15.8. The van der Waals surface area contributed by atoms with Crippen LogP contribution in [0.3, 0.4) is 0 Å². The zero-order valence-corrected chi connectivity index (χ0v) is 26.0. The molecule has 0 atom stereocenters. The number of halogens is 1. The van der Waals surface area contributed by atoms with Crippen molar-refractivity contribution in [2.75, 3.05) is 42.5 Å². The van der Waals surface area contributed by atoms with Gasteiger partial charge in [0.05, 0.1) is 4.91 Å². The summed E-state index contributed by atoms with van der Waals surface area (Å²) in [6.45, 7) is 7.37. The fraction of sp³-hybridized carbons (Fsp3) is 0.333. The average Bonchev–Trinajstić information content (AvgIpc) is 3.29. The van der Waals surface area contributed by atoms with Crippen LogP contribution < -0.4 is 15.4 Å². The highest BCUT2D eigenvalue weighted by Crippen LogP contribution is 2.36. The van der Waals surface area contributed by atoms with E-state index < -0.39 is 0 Å². The first kappa shape index (κ1) is 30.5. The molecule has 0 spiro atoms. The molecular formula is C33H34FN5O2S2. The standard InChI is InChI=1S/C33H34FN5O2S2/c1-3-4-15-38-30(37-19-17-36(18-20-37)26-12-10-25(34)11-13-26)27(23(2)28(22-35)31(38)40)21-29-32(41)39(33(42)43-29)16-14-24-8-6-5-7-9-24/h5-13,21H,3-4,14-20H2,1-2H3/b29-21+. The molecule has 2 aliphatic rings. The van der Waals surface area contributed by atoms with Gasteiger partial charge >= 0.3 is 0 Å². The van der Waals surface area contributed by atoms with Crippen LogP contribution in [0.1, 0.15) is 42.0 Å². The summed E-state index contributed by atoms with van der Waals surface area (Å²) < 4.78 is 15.7. The maximum Gasteiger partial charge on any atom is 0.270 e. The third-order valence-corrected chi connectivity index (χ3v) is 9.35. The number of rotatable bonds is 9. The lowest BCUT2D eigenvalue weighted by Crippen LogP contribution is -2.48. The molecule has 5 rings (SSSR count). The topological polar surface area (TPSA) is 72.6 Å². The van der Waals surface area contributed by atoms with Crippen molar-refractivity contribution in [1.82, 2.24) is 9.47 Å². The molecule has 0 bridgehead atoms. The number of pyridine rings is 1. The average molecular weight is 616 g/mol. The van der Waals surface area contributed by atoms with Gasteiger partial charge in [0.1, 0.15) is 27.6 Å². The van der Waals surface area contributed by atoms with Crippen LogP contribution in [0, 0.1) is 24.1 Å². The third kappa shape index (κ3) is 6.53. The highest BCUT2D eigenvalue weighted by Gasteiger charge is 2.33.